The second-order valence-electron chi connectivity index (χ2n) is 10.1. The maximum Gasteiger partial charge on any atom is 0.407 e. The van der Waals surface area contributed by atoms with Crippen LogP contribution in [0.3, 0.4) is 0 Å². The molecule has 0 unspecified atom stereocenters. The van der Waals surface area contributed by atoms with Gasteiger partial charge in [-0.2, -0.15) is 0 Å². The van der Waals surface area contributed by atoms with Crippen LogP contribution in [0.15, 0.2) is 36.2 Å². The zero-order valence-electron chi connectivity index (χ0n) is 18.9. The number of carbonyl (C=O) groups is 1. The van der Waals surface area contributed by atoms with Crippen molar-refractivity contribution in [1.29, 1.82) is 0 Å². The highest BCUT2D eigenvalue weighted by atomic mass is 28.3. The van der Waals surface area contributed by atoms with Gasteiger partial charge in [0.2, 0.25) is 0 Å². The van der Waals surface area contributed by atoms with Gasteiger partial charge >= 0.3 is 6.09 Å². The van der Waals surface area contributed by atoms with E-state index in [1.165, 1.54) is 16.0 Å². The van der Waals surface area contributed by atoms with E-state index in [1.807, 2.05) is 6.33 Å². The van der Waals surface area contributed by atoms with E-state index in [0.717, 1.165) is 36.5 Å². The molecule has 0 atom stereocenters. The summed E-state index contributed by atoms with van der Waals surface area (Å²) >= 11 is 0. The largest absolute Gasteiger partial charge is 0.465 e. The predicted octanol–water partition coefficient (Wildman–Crippen LogP) is 5.23. The van der Waals surface area contributed by atoms with Crippen molar-refractivity contribution in [2.24, 2.45) is 5.41 Å². The standard InChI is InChI=1S/C23H35N3O3Si/c1-23(2,19-9-11-25(12-10-19)22(27)28)15-18-7-6-8-20-21(18)24-16-26(20)17-29-13-14-30(3,4)5/h6-9,16H,10-15,17H2,1-5H3,(H,27,28). The molecule has 1 amide bonds. The molecular formula is C23H35N3O3Si. The minimum absolute atomic E-state index is 0.0451. The Morgan fingerprint density at radius 1 is 1.30 bits per heavy atom. The molecule has 3 rings (SSSR count). The number of carboxylic acid groups (broad SMARTS) is 1. The van der Waals surface area contributed by atoms with E-state index in [2.05, 4.69) is 62.3 Å². The number of aromatic nitrogens is 2. The van der Waals surface area contributed by atoms with Gasteiger partial charge in [0.25, 0.3) is 0 Å². The van der Waals surface area contributed by atoms with Crippen LogP contribution >= 0.6 is 0 Å². The number of hydrogen-bond donors (Lipinski definition) is 1. The topological polar surface area (TPSA) is 67.6 Å². The molecule has 0 bridgehead atoms. The normalized spacial score (nSPS) is 15.5. The highest BCUT2D eigenvalue weighted by Gasteiger charge is 2.28. The Labute approximate surface area is 180 Å². The zero-order valence-corrected chi connectivity index (χ0v) is 19.9. The summed E-state index contributed by atoms with van der Waals surface area (Å²) < 4.78 is 8.01. The molecule has 2 heterocycles. The summed E-state index contributed by atoms with van der Waals surface area (Å²) in [5.41, 5.74) is 4.64. The van der Waals surface area contributed by atoms with Crippen LogP contribution in [0.25, 0.3) is 11.0 Å². The van der Waals surface area contributed by atoms with Crippen LogP contribution in [-0.2, 0) is 17.9 Å². The summed E-state index contributed by atoms with van der Waals surface area (Å²) in [6, 6.07) is 7.51. The molecule has 1 aliphatic heterocycles. The van der Waals surface area contributed by atoms with Gasteiger partial charge in [-0.3, -0.25) is 0 Å². The summed E-state index contributed by atoms with van der Waals surface area (Å²) in [5.74, 6) is 0. The fourth-order valence-electron chi connectivity index (χ4n) is 3.98. The first kappa shape index (κ1) is 22.6. The highest BCUT2D eigenvalue weighted by molar-refractivity contribution is 6.76. The van der Waals surface area contributed by atoms with Crippen molar-refractivity contribution in [2.75, 3.05) is 19.7 Å². The average molecular weight is 430 g/mol. The molecule has 2 aromatic rings. The number of hydrogen-bond acceptors (Lipinski definition) is 3. The molecule has 0 radical (unpaired) electrons. The summed E-state index contributed by atoms with van der Waals surface area (Å²) in [7, 11) is -1.09. The molecule has 1 aliphatic rings. The van der Waals surface area contributed by atoms with E-state index in [9.17, 15) is 9.90 Å². The molecule has 7 heteroatoms. The average Bonchev–Trinajstić information content (AvgIpc) is 3.08. The number of fused-ring (bicyclic) bond motifs is 1. The van der Waals surface area contributed by atoms with Crippen LogP contribution in [-0.4, -0.2) is 53.4 Å². The van der Waals surface area contributed by atoms with Gasteiger partial charge in [-0.15, -0.1) is 0 Å². The second-order valence-corrected chi connectivity index (χ2v) is 15.7. The first-order chi connectivity index (χ1) is 14.1. The monoisotopic (exact) mass is 429 g/mol. The number of benzene rings is 1. The quantitative estimate of drug-likeness (QED) is 0.354. The third kappa shape index (κ3) is 5.52. The van der Waals surface area contributed by atoms with Crippen molar-refractivity contribution in [3.63, 3.8) is 0 Å². The van der Waals surface area contributed by atoms with Crippen LogP contribution < -0.4 is 0 Å². The maximum absolute atomic E-state index is 11.2. The molecule has 1 N–H and O–H groups in total. The third-order valence-electron chi connectivity index (χ3n) is 5.94. The highest BCUT2D eigenvalue weighted by Crippen LogP contribution is 2.36. The summed E-state index contributed by atoms with van der Waals surface area (Å²) in [5, 5.41) is 9.18. The number of para-hydroxylation sites is 1. The van der Waals surface area contributed by atoms with Crippen LogP contribution in [0, 0.1) is 5.41 Å². The van der Waals surface area contributed by atoms with Crippen LogP contribution in [0.5, 0.6) is 0 Å². The Balaban J connectivity index is 1.71. The van der Waals surface area contributed by atoms with E-state index in [-0.39, 0.29) is 5.41 Å². The van der Waals surface area contributed by atoms with E-state index in [4.69, 9.17) is 9.72 Å². The molecular weight excluding hydrogens is 394 g/mol. The van der Waals surface area contributed by atoms with Crippen LogP contribution in [0.4, 0.5) is 4.79 Å². The molecule has 0 aliphatic carbocycles. The second kappa shape index (κ2) is 8.94. The van der Waals surface area contributed by atoms with E-state index in [1.54, 1.807) is 0 Å². The Bertz CT molecular complexity index is 927. The lowest BCUT2D eigenvalue weighted by molar-refractivity contribution is 0.0898. The van der Waals surface area contributed by atoms with Crippen molar-refractivity contribution in [2.45, 2.75) is 59.1 Å². The molecule has 0 saturated carbocycles. The molecule has 1 aromatic carbocycles. The predicted molar refractivity (Wildman–Crippen MR) is 124 cm³/mol. The van der Waals surface area contributed by atoms with Gasteiger partial charge in [0, 0.05) is 27.8 Å². The molecule has 6 nitrogen and oxygen atoms in total. The van der Waals surface area contributed by atoms with E-state index >= 15 is 0 Å². The molecule has 0 fully saturated rings. The van der Waals surface area contributed by atoms with Crippen molar-refractivity contribution in [3.05, 3.63) is 41.7 Å². The van der Waals surface area contributed by atoms with Gasteiger partial charge in [-0.1, -0.05) is 57.3 Å². The van der Waals surface area contributed by atoms with Crippen molar-refractivity contribution >= 4 is 25.2 Å². The molecule has 1 aromatic heterocycles. The lowest BCUT2D eigenvalue weighted by atomic mass is 9.76. The minimum atomic E-state index is -1.09. The third-order valence-corrected chi connectivity index (χ3v) is 7.65. The van der Waals surface area contributed by atoms with Crippen molar-refractivity contribution < 1.29 is 14.6 Å². The van der Waals surface area contributed by atoms with Gasteiger partial charge in [0.05, 0.1) is 17.4 Å². The number of rotatable bonds is 8. The SMILES string of the molecule is CC(C)(Cc1cccc2c1ncn2COCC[Si](C)(C)C)C1=CCN(C(=O)O)CC1. The number of amides is 1. The lowest BCUT2D eigenvalue weighted by Crippen LogP contribution is -2.36. The molecule has 30 heavy (non-hydrogen) atoms. The fraction of sp³-hybridized carbons (Fsp3) is 0.565. The summed E-state index contributed by atoms with van der Waals surface area (Å²) in [6.45, 7) is 13.9. The Morgan fingerprint density at radius 2 is 2.07 bits per heavy atom. The van der Waals surface area contributed by atoms with Gasteiger partial charge in [-0.05, 0) is 35.9 Å². The van der Waals surface area contributed by atoms with Gasteiger partial charge in [-0.25, -0.2) is 9.78 Å². The number of ether oxygens (including phenoxy) is 1. The van der Waals surface area contributed by atoms with Crippen molar-refractivity contribution in [3.8, 4) is 0 Å². The van der Waals surface area contributed by atoms with Gasteiger partial charge in [0.15, 0.2) is 0 Å². The van der Waals surface area contributed by atoms with Crippen molar-refractivity contribution in [1.82, 2.24) is 14.5 Å². The molecule has 164 valence electrons. The Kier molecular flexibility index (Phi) is 6.72. The molecule has 0 spiro atoms. The van der Waals surface area contributed by atoms with E-state index < -0.39 is 14.2 Å². The first-order valence-corrected chi connectivity index (χ1v) is 14.5. The molecule has 0 saturated heterocycles. The number of imidazole rings is 1. The lowest BCUT2D eigenvalue weighted by Gasteiger charge is -2.33. The fourth-order valence-corrected chi connectivity index (χ4v) is 4.74. The van der Waals surface area contributed by atoms with Gasteiger partial charge < -0.3 is 19.3 Å². The first-order valence-electron chi connectivity index (χ1n) is 10.7. The summed E-state index contributed by atoms with van der Waals surface area (Å²) in [4.78, 5) is 17.3. The smallest absolute Gasteiger partial charge is 0.407 e. The van der Waals surface area contributed by atoms with Crippen LogP contribution in [0.1, 0.15) is 25.8 Å². The zero-order chi connectivity index (χ0) is 21.9. The maximum atomic E-state index is 11.2. The van der Waals surface area contributed by atoms with Crippen LogP contribution in [0.2, 0.25) is 25.7 Å². The summed E-state index contributed by atoms with van der Waals surface area (Å²) in [6.07, 6.45) is 4.78. The minimum Gasteiger partial charge on any atom is -0.465 e. The Morgan fingerprint density at radius 3 is 2.70 bits per heavy atom. The Hall–Kier alpha value is -2.12. The van der Waals surface area contributed by atoms with Gasteiger partial charge in [0.1, 0.15) is 6.73 Å². The number of nitrogens with zero attached hydrogens (tertiary/aromatic N) is 3. The van der Waals surface area contributed by atoms with E-state index in [0.29, 0.717) is 19.8 Å².